The van der Waals surface area contributed by atoms with Crippen LogP contribution in [0.4, 0.5) is 8.78 Å². The molecule has 0 bridgehead atoms. The zero-order chi connectivity index (χ0) is 22.6. The van der Waals surface area contributed by atoms with Gasteiger partial charge in [-0.15, -0.1) is 0 Å². The number of hydrogen-bond acceptors (Lipinski definition) is 5. The molecule has 1 heterocycles. The summed E-state index contributed by atoms with van der Waals surface area (Å²) in [6.45, 7) is 3.94. The largest absolute Gasteiger partial charge is 0.389 e. The van der Waals surface area contributed by atoms with Crippen LogP contribution in [-0.2, 0) is 16.0 Å². The first-order chi connectivity index (χ1) is 14.9. The molecule has 0 saturated carbocycles. The van der Waals surface area contributed by atoms with Crippen molar-refractivity contribution < 1.29 is 23.5 Å². The number of rotatable bonds is 13. The summed E-state index contributed by atoms with van der Waals surface area (Å²) in [5.74, 6) is -2.34. The molecule has 31 heavy (non-hydrogen) atoms. The average molecular weight is 440 g/mol. The fraction of sp³-hybridized carbons (Fsp3) is 0.652. The van der Waals surface area contributed by atoms with Crippen molar-refractivity contribution in [3.05, 3.63) is 35.4 Å². The number of aliphatic hydroxyl groups excluding tert-OH is 1. The molecule has 174 valence electrons. The minimum Gasteiger partial charge on any atom is -0.389 e. The van der Waals surface area contributed by atoms with E-state index in [0.29, 0.717) is 18.4 Å². The van der Waals surface area contributed by atoms with Crippen LogP contribution in [0, 0.1) is 17.6 Å². The molecule has 0 aromatic heterocycles. The van der Waals surface area contributed by atoms with Crippen molar-refractivity contribution >= 4 is 12.2 Å². The van der Waals surface area contributed by atoms with E-state index in [0.717, 1.165) is 51.3 Å². The highest BCUT2D eigenvalue weighted by atomic mass is 19.1. The van der Waals surface area contributed by atoms with E-state index in [4.69, 9.17) is 0 Å². The number of unbranched alkanes of at least 4 members (excludes halogenated alkanes) is 1. The van der Waals surface area contributed by atoms with E-state index >= 15 is 0 Å². The Kier molecular flexibility index (Phi) is 11.0. The van der Waals surface area contributed by atoms with Gasteiger partial charge in [0, 0.05) is 25.1 Å². The number of aliphatic hydroxyl groups is 1. The molecule has 0 spiro atoms. The quantitative estimate of drug-likeness (QED) is 0.279. The van der Waals surface area contributed by atoms with Crippen LogP contribution in [0.5, 0.6) is 0 Å². The van der Waals surface area contributed by atoms with Gasteiger partial charge < -0.3 is 25.9 Å². The van der Waals surface area contributed by atoms with E-state index in [9.17, 15) is 23.5 Å². The second kappa shape index (κ2) is 13.5. The first-order valence-electron chi connectivity index (χ1n) is 11.3. The lowest BCUT2D eigenvalue weighted by Crippen LogP contribution is -2.56. The van der Waals surface area contributed by atoms with Gasteiger partial charge in [-0.3, -0.25) is 4.79 Å². The van der Waals surface area contributed by atoms with Crippen LogP contribution in [0.1, 0.15) is 51.0 Å². The molecule has 1 amide bonds. The molecular weight excluding hydrogens is 404 g/mol. The Morgan fingerprint density at radius 1 is 1.29 bits per heavy atom. The van der Waals surface area contributed by atoms with Crippen molar-refractivity contribution in [1.29, 1.82) is 0 Å². The number of benzene rings is 1. The summed E-state index contributed by atoms with van der Waals surface area (Å²) in [7, 11) is 0. The van der Waals surface area contributed by atoms with E-state index in [1.165, 1.54) is 12.1 Å². The van der Waals surface area contributed by atoms with Crippen LogP contribution in [0.2, 0.25) is 0 Å². The molecule has 4 N–H and O–H groups in total. The van der Waals surface area contributed by atoms with Gasteiger partial charge in [0.25, 0.3) is 0 Å². The third-order valence-electron chi connectivity index (χ3n) is 5.73. The molecular formula is C23H35F2N3O3. The van der Waals surface area contributed by atoms with Gasteiger partial charge in [0.15, 0.2) is 0 Å². The monoisotopic (exact) mass is 439 g/mol. The lowest BCUT2D eigenvalue weighted by molar-refractivity contribution is -0.128. The molecule has 8 heteroatoms. The molecule has 1 saturated heterocycles. The van der Waals surface area contributed by atoms with Crippen molar-refractivity contribution in [2.75, 3.05) is 19.6 Å². The fourth-order valence-electron chi connectivity index (χ4n) is 3.97. The summed E-state index contributed by atoms with van der Waals surface area (Å²) < 4.78 is 27.4. The molecule has 1 aromatic rings. The number of piperidine rings is 1. The van der Waals surface area contributed by atoms with E-state index in [1.807, 2.05) is 0 Å². The Hall–Kier alpha value is -1.90. The van der Waals surface area contributed by atoms with E-state index in [2.05, 4.69) is 22.9 Å². The number of hydrogen-bond donors (Lipinski definition) is 4. The summed E-state index contributed by atoms with van der Waals surface area (Å²) in [6, 6.07) is 2.24. The number of amides is 1. The molecule has 1 aromatic carbocycles. The second-order valence-corrected chi connectivity index (χ2v) is 8.30. The Morgan fingerprint density at radius 2 is 2.03 bits per heavy atom. The van der Waals surface area contributed by atoms with Crippen LogP contribution < -0.4 is 16.0 Å². The highest BCUT2D eigenvalue weighted by Gasteiger charge is 2.32. The van der Waals surface area contributed by atoms with Gasteiger partial charge in [-0.05, 0) is 56.5 Å². The van der Waals surface area contributed by atoms with Crippen molar-refractivity contribution in [3.8, 4) is 0 Å². The molecule has 1 aliphatic rings. The normalized spacial score (nSPS) is 19.4. The van der Waals surface area contributed by atoms with Crippen LogP contribution in [0.25, 0.3) is 0 Å². The topological polar surface area (TPSA) is 90.5 Å². The molecule has 0 aliphatic carbocycles. The minimum absolute atomic E-state index is 0.0596. The van der Waals surface area contributed by atoms with E-state index < -0.39 is 29.7 Å². The van der Waals surface area contributed by atoms with Crippen LogP contribution >= 0.6 is 0 Å². The number of halogens is 2. The molecule has 0 radical (unpaired) electrons. The summed E-state index contributed by atoms with van der Waals surface area (Å²) in [4.78, 5) is 24.0. The summed E-state index contributed by atoms with van der Waals surface area (Å²) in [5, 5.41) is 20.3. The van der Waals surface area contributed by atoms with Gasteiger partial charge in [0.1, 0.15) is 17.9 Å². The second-order valence-electron chi connectivity index (χ2n) is 8.30. The maximum Gasteiger partial charge on any atom is 0.225 e. The van der Waals surface area contributed by atoms with Gasteiger partial charge in [0.05, 0.1) is 18.1 Å². The first kappa shape index (κ1) is 25.4. The van der Waals surface area contributed by atoms with Crippen molar-refractivity contribution in [2.24, 2.45) is 5.92 Å². The predicted molar refractivity (Wildman–Crippen MR) is 116 cm³/mol. The molecule has 4 atom stereocenters. The predicted octanol–water partition coefficient (Wildman–Crippen LogP) is 2.09. The van der Waals surface area contributed by atoms with Gasteiger partial charge in [-0.25, -0.2) is 8.78 Å². The summed E-state index contributed by atoms with van der Waals surface area (Å²) in [5.41, 5.74) is 0.352. The van der Waals surface area contributed by atoms with Crippen LogP contribution in [-0.4, -0.2) is 55.1 Å². The van der Waals surface area contributed by atoms with Gasteiger partial charge in [-0.2, -0.15) is 0 Å². The average Bonchev–Trinajstić information content (AvgIpc) is 2.74. The smallest absolute Gasteiger partial charge is 0.225 e. The van der Waals surface area contributed by atoms with Crippen molar-refractivity contribution in [1.82, 2.24) is 16.0 Å². The number of nitrogens with one attached hydrogen (secondary N) is 3. The zero-order valence-electron chi connectivity index (χ0n) is 18.2. The Bertz CT molecular complexity index is 678. The minimum atomic E-state index is -0.930. The van der Waals surface area contributed by atoms with Gasteiger partial charge >= 0.3 is 0 Å². The standard InChI is InChI=1S/C23H35F2N3O3/c1-2-3-8-26-15-17(7-10-29)23(31)28-21(22(30)20-6-4-5-9-27-20)13-16-11-18(24)14-19(25)12-16/h10-12,14,17,20-22,26-27,30H,2-9,13,15H2,1H3,(H,28,31)/t17?,20-,21+,22-/m1/s1. The van der Waals surface area contributed by atoms with Gasteiger partial charge in [-0.1, -0.05) is 19.8 Å². The molecule has 1 fully saturated rings. The Labute approximate surface area is 183 Å². The SMILES string of the molecule is CCCCNCC(CC=O)C(=O)N[C@@H](Cc1cc(F)cc(F)c1)[C@H](O)[C@H]1CCCCN1. The Balaban J connectivity index is 2.13. The van der Waals surface area contributed by atoms with Crippen LogP contribution in [0.3, 0.4) is 0 Å². The maximum atomic E-state index is 13.7. The molecule has 1 aliphatic heterocycles. The molecule has 2 rings (SSSR count). The van der Waals surface area contributed by atoms with E-state index in [1.54, 1.807) is 0 Å². The maximum absolute atomic E-state index is 13.7. The van der Waals surface area contributed by atoms with E-state index in [-0.39, 0.29) is 24.8 Å². The van der Waals surface area contributed by atoms with Gasteiger partial charge in [0.2, 0.25) is 5.91 Å². The number of carbonyl (C=O) groups is 2. The van der Waals surface area contributed by atoms with Crippen molar-refractivity contribution in [3.63, 3.8) is 0 Å². The number of aldehydes is 1. The fourth-order valence-corrected chi connectivity index (χ4v) is 3.97. The summed E-state index contributed by atoms with van der Waals surface area (Å²) >= 11 is 0. The molecule has 1 unspecified atom stereocenters. The highest BCUT2D eigenvalue weighted by Crippen LogP contribution is 2.18. The zero-order valence-corrected chi connectivity index (χ0v) is 18.2. The lowest BCUT2D eigenvalue weighted by atomic mass is 9.91. The third-order valence-corrected chi connectivity index (χ3v) is 5.73. The third kappa shape index (κ3) is 8.63. The number of carbonyl (C=O) groups excluding carboxylic acids is 2. The summed E-state index contributed by atoms with van der Waals surface area (Å²) in [6.07, 6.45) is 4.63. The van der Waals surface area contributed by atoms with Crippen LogP contribution in [0.15, 0.2) is 18.2 Å². The lowest BCUT2D eigenvalue weighted by Gasteiger charge is -2.34. The van der Waals surface area contributed by atoms with Crippen molar-refractivity contribution in [2.45, 2.75) is 70.1 Å². The Morgan fingerprint density at radius 3 is 2.65 bits per heavy atom. The first-order valence-corrected chi connectivity index (χ1v) is 11.3. The molecule has 6 nitrogen and oxygen atoms in total. The highest BCUT2D eigenvalue weighted by molar-refractivity contribution is 5.81.